The van der Waals surface area contributed by atoms with Crippen LogP contribution in [0.5, 0.6) is 0 Å². The Kier molecular flexibility index (Phi) is 10.1. The van der Waals surface area contributed by atoms with E-state index in [0.717, 1.165) is 24.8 Å². The van der Waals surface area contributed by atoms with Crippen molar-refractivity contribution < 1.29 is 8.42 Å². The summed E-state index contributed by atoms with van der Waals surface area (Å²) < 4.78 is 26.9. The summed E-state index contributed by atoms with van der Waals surface area (Å²) in [5.74, 6) is 0.219. The lowest BCUT2D eigenvalue weighted by atomic mass is 10.1. The first-order valence-corrected chi connectivity index (χ1v) is 11.2. The Bertz CT molecular complexity index is 567. The van der Waals surface area contributed by atoms with Crippen molar-refractivity contribution in [2.75, 3.05) is 10.5 Å². The maximum Gasteiger partial charge on any atom is 0.232 e. The van der Waals surface area contributed by atoms with Crippen LogP contribution in [0.4, 0.5) is 5.69 Å². The standard InChI is InChI=1S/C20H35NO2S/c1-4-5-6-7-8-9-10-11-12-13-16-24(22,23)21-20-15-14-18(2)19(3)17-20/h14-15,17,21H,4-13,16H2,1-3H3. The molecule has 138 valence electrons. The molecular weight excluding hydrogens is 318 g/mol. The molecule has 0 amide bonds. The van der Waals surface area contributed by atoms with Gasteiger partial charge < -0.3 is 0 Å². The van der Waals surface area contributed by atoms with E-state index in [9.17, 15) is 8.42 Å². The first-order valence-electron chi connectivity index (χ1n) is 9.52. The average molecular weight is 354 g/mol. The summed E-state index contributed by atoms with van der Waals surface area (Å²) in [6.07, 6.45) is 12.1. The lowest BCUT2D eigenvalue weighted by Gasteiger charge is -2.10. The molecule has 0 spiro atoms. The van der Waals surface area contributed by atoms with Crippen LogP contribution in [0.3, 0.4) is 0 Å². The molecule has 24 heavy (non-hydrogen) atoms. The van der Waals surface area contributed by atoms with Crippen LogP contribution in [0.25, 0.3) is 0 Å². The second-order valence-corrected chi connectivity index (χ2v) is 8.74. The van der Waals surface area contributed by atoms with Crippen molar-refractivity contribution in [2.45, 2.75) is 85.0 Å². The molecule has 0 unspecified atom stereocenters. The summed E-state index contributed by atoms with van der Waals surface area (Å²) in [6, 6.07) is 5.68. The second-order valence-electron chi connectivity index (χ2n) is 6.90. The molecule has 0 aliphatic rings. The third kappa shape index (κ3) is 9.31. The maximum atomic E-state index is 12.1. The molecule has 0 aromatic heterocycles. The molecule has 0 fully saturated rings. The van der Waals surface area contributed by atoms with E-state index in [1.165, 1.54) is 50.5 Å². The number of anilines is 1. The third-order valence-corrected chi connectivity index (χ3v) is 5.92. The first kappa shape index (κ1) is 21.0. The molecule has 1 rings (SSSR count). The molecule has 0 aliphatic heterocycles. The van der Waals surface area contributed by atoms with Crippen molar-refractivity contribution in [3.8, 4) is 0 Å². The van der Waals surface area contributed by atoms with Crippen molar-refractivity contribution in [2.24, 2.45) is 0 Å². The lowest BCUT2D eigenvalue weighted by molar-refractivity contribution is 0.558. The molecule has 0 saturated carbocycles. The van der Waals surface area contributed by atoms with Crippen molar-refractivity contribution in [1.29, 1.82) is 0 Å². The van der Waals surface area contributed by atoms with E-state index < -0.39 is 10.0 Å². The van der Waals surface area contributed by atoms with E-state index in [0.29, 0.717) is 5.69 Å². The lowest BCUT2D eigenvalue weighted by Crippen LogP contribution is -2.16. The molecule has 0 aliphatic carbocycles. The van der Waals surface area contributed by atoms with Gasteiger partial charge in [0.1, 0.15) is 0 Å². The van der Waals surface area contributed by atoms with Crippen LogP contribution >= 0.6 is 0 Å². The molecule has 0 heterocycles. The number of hydrogen-bond donors (Lipinski definition) is 1. The normalized spacial score (nSPS) is 11.6. The Balaban J connectivity index is 2.14. The van der Waals surface area contributed by atoms with Gasteiger partial charge in [0.05, 0.1) is 5.75 Å². The number of nitrogens with one attached hydrogen (secondary N) is 1. The number of benzene rings is 1. The molecule has 4 heteroatoms. The minimum absolute atomic E-state index is 0.219. The van der Waals surface area contributed by atoms with Crippen LogP contribution in [0.1, 0.15) is 82.3 Å². The number of unbranched alkanes of at least 4 members (excludes halogenated alkanes) is 9. The van der Waals surface area contributed by atoms with Crippen molar-refractivity contribution >= 4 is 15.7 Å². The van der Waals surface area contributed by atoms with Gasteiger partial charge in [0.15, 0.2) is 0 Å². The highest BCUT2D eigenvalue weighted by atomic mass is 32.2. The van der Waals surface area contributed by atoms with Gasteiger partial charge in [0, 0.05) is 5.69 Å². The van der Waals surface area contributed by atoms with Gasteiger partial charge in [0.25, 0.3) is 0 Å². The zero-order valence-electron chi connectivity index (χ0n) is 15.7. The van der Waals surface area contributed by atoms with E-state index in [1.807, 2.05) is 32.0 Å². The smallest absolute Gasteiger partial charge is 0.232 e. The quantitative estimate of drug-likeness (QED) is 0.444. The fourth-order valence-electron chi connectivity index (χ4n) is 2.82. The Morgan fingerprint density at radius 2 is 1.33 bits per heavy atom. The van der Waals surface area contributed by atoms with Crippen LogP contribution < -0.4 is 4.72 Å². The highest BCUT2D eigenvalue weighted by Gasteiger charge is 2.10. The Morgan fingerprint density at radius 3 is 1.88 bits per heavy atom. The molecule has 0 bridgehead atoms. The van der Waals surface area contributed by atoms with Crippen molar-refractivity contribution in [3.05, 3.63) is 29.3 Å². The highest BCUT2D eigenvalue weighted by Crippen LogP contribution is 2.16. The molecule has 1 N–H and O–H groups in total. The zero-order chi connectivity index (χ0) is 17.8. The summed E-state index contributed by atoms with van der Waals surface area (Å²) in [7, 11) is -3.22. The van der Waals surface area contributed by atoms with Gasteiger partial charge in [0.2, 0.25) is 10.0 Å². The fraction of sp³-hybridized carbons (Fsp3) is 0.700. The van der Waals surface area contributed by atoms with Gasteiger partial charge in [-0.3, -0.25) is 4.72 Å². The van der Waals surface area contributed by atoms with Crippen molar-refractivity contribution in [3.63, 3.8) is 0 Å². The summed E-state index contributed by atoms with van der Waals surface area (Å²) in [5.41, 5.74) is 2.95. The zero-order valence-corrected chi connectivity index (χ0v) is 16.6. The minimum atomic E-state index is -3.22. The molecular formula is C20H35NO2S. The van der Waals surface area contributed by atoms with Gasteiger partial charge in [-0.05, 0) is 43.5 Å². The number of rotatable bonds is 13. The minimum Gasteiger partial charge on any atom is -0.284 e. The van der Waals surface area contributed by atoms with E-state index in [1.54, 1.807) is 0 Å². The molecule has 0 atom stereocenters. The topological polar surface area (TPSA) is 46.2 Å². The summed E-state index contributed by atoms with van der Waals surface area (Å²) >= 11 is 0. The third-order valence-electron chi connectivity index (χ3n) is 4.55. The summed E-state index contributed by atoms with van der Waals surface area (Å²) in [5, 5.41) is 0. The Labute approximate surface area is 149 Å². The maximum absolute atomic E-state index is 12.1. The van der Waals surface area contributed by atoms with E-state index in [4.69, 9.17) is 0 Å². The monoisotopic (exact) mass is 353 g/mol. The SMILES string of the molecule is CCCCCCCCCCCCS(=O)(=O)Nc1ccc(C)c(C)c1. The fourth-order valence-corrected chi connectivity index (χ4v) is 3.99. The van der Waals surface area contributed by atoms with Crippen LogP contribution in [-0.2, 0) is 10.0 Å². The van der Waals surface area contributed by atoms with Crippen molar-refractivity contribution in [1.82, 2.24) is 0 Å². The van der Waals surface area contributed by atoms with E-state index in [2.05, 4.69) is 11.6 Å². The van der Waals surface area contributed by atoms with Gasteiger partial charge >= 0.3 is 0 Å². The molecule has 1 aromatic carbocycles. The van der Waals surface area contributed by atoms with Crippen LogP contribution in [0, 0.1) is 13.8 Å². The predicted octanol–water partition coefficient (Wildman–Crippen LogP) is 5.97. The van der Waals surface area contributed by atoms with Crippen LogP contribution in [0.2, 0.25) is 0 Å². The summed E-state index contributed by atoms with van der Waals surface area (Å²) in [6.45, 7) is 6.26. The molecule has 1 aromatic rings. The van der Waals surface area contributed by atoms with Gasteiger partial charge in [-0.15, -0.1) is 0 Å². The molecule has 3 nitrogen and oxygen atoms in total. The first-order chi connectivity index (χ1) is 11.4. The van der Waals surface area contributed by atoms with Gasteiger partial charge in [-0.2, -0.15) is 0 Å². The Hall–Kier alpha value is -1.03. The van der Waals surface area contributed by atoms with Gasteiger partial charge in [-0.1, -0.05) is 70.8 Å². The highest BCUT2D eigenvalue weighted by molar-refractivity contribution is 7.92. The number of hydrogen-bond acceptors (Lipinski definition) is 2. The van der Waals surface area contributed by atoms with Crippen LogP contribution in [-0.4, -0.2) is 14.2 Å². The molecule has 0 saturated heterocycles. The largest absolute Gasteiger partial charge is 0.284 e. The van der Waals surface area contributed by atoms with Gasteiger partial charge in [-0.25, -0.2) is 8.42 Å². The van der Waals surface area contributed by atoms with E-state index >= 15 is 0 Å². The number of aryl methyl sites for hydroxylation is 2. The molecule has 0 radical (unpaired) electrons. The second kappa shape index (κ2) is 11.5. The summed E-state index contributed by atoms with van der Waals surface area (Å²) in [4.78, 5) is 0. The number of sulfonamides is 1. The predicted molar refractivity (Wildman–Crippen MR) is 105 cm³/mol. The van der Waals surface area contributed by atoms with Crippen LogP contribution in [0.15, 0.2) is 18.2 Å². The Morgan fingerprint density at radius 1 is 0.792 bits per heavy atom. The van der Waals surface area contributed by atoms with E-state index in [-0.39, 0.29) is 5.75 Å². The average Bonchev–Trinajstić information content (AvgIpc) is 2.52.